The Morgan fingerprint density at radius 1 is 1.37 bits per heavy atom. The number of carbonyl (C=O) groups is 1. The van der Waals surface area contributed by atoms with Crippen molar-refractivity contribution >= 4 is 11.6 Å². The van der Waals surface area contributed by atoms with E-state index in [1.54, 1.807) is 0 Å². The van der Waals surface area contributed by atoms with Crippen LogP contribution in [0, 0.1) is 13.8 Å². The first-order valence-electron chi connectivity index (χ1n) is 6.88. The average Bonchev–Trinajstić information content (AvgIpc) is 2.48. The van der Waals surface area contributed by atoms with E-state index in [1.807, 2.05) is 13.0 Å². The van der Waals surface area contributed by atoms with Crippen LogP contribution in [0.2, 0.25) is 0 Å². The molecule has 104 valence electrons. The Labute approximate surface area is 115 Å². The molecule has 0 aromatic heterocycles. The number of nitrogens with zero attached hydrogens (tertiary/aromatic N) is 1. The molecule has 1 aromatic rings. The number of anilines is 1. The third kappa shape index (κ3) is 2.73. The predicted molar refractivity (Wildman–Crippen MR) is 78.3 cm³/mol. The maximum atomic E-state index is 12.2. The van der Waals surface area contributed by atoms with E-state index in [2.05, 4.69) is 36.2 Å². The zero-order valence-corrected chi connectivity index (χ0v) is 11.9. The van der Waals surface area contributed by atoms with Gasteiger partial charge in [0.2, 0.25) is 5.91 Å². The molecular formula is C15H23N3O. The van der Waals surface area contributed by atoms with Crippen LogP contribution in [-0.2, 0) is 4.79 Å². The van der Waals surface area contributed by atoms with Crippen molar-refractivity contribution in [1.29, 1.82) is 0 Å². The molecule has 3 N–H and O–H groups in total. The van der Waals surface area contributed by atoms with E-state index in [0.717, 1.165) is 18.7 Å². The highest BCUT2D eigenvalue weighted by Gasteiger charge is 2.30. The van der Waals surface area contributed by atoms with Crippen LogP contribution in [-0.4, -0.2) is 31.1 Å². The lowest BCUT2D eigenvalue weighted by Crippen LogP contribution is -2.50. The minimum Gasteiger partial charge on any atom is -0.358 e. The van der Waals surface area contributed by atoms with Gasteiger partial charge in [0.25, 0.3) is 0 Å². The van der Waals surface area contributed by atoms with Crippen LogP contribution in [0.25, 0.3) is 0 Å². The zero-order chi connectivity index (χ0) is 14.0. The van der Waals surface area contributed by atoms with Crippen molar-refractivity contribution in [1.82, 2.24) is 5.32 Å². The van der Waals surface area contributed by atoms with Gasteiger partial charge in [0.15, 0.2) is 0 Å². The number of carbonyl (C=O) groups excluding carboxylic acids is 1. The molecule has 1 aliphatic heterocycles. The smallest absolute Gasteiger partial charge is 0.244 e. The molecule has 0 saturated carbocycles. The minimum atomic E-state index is -0.273. The van der Waals surface area contributed by atoms with Gasteiger partial charge in [0.05, 0.1) is 0 Å². The fourth-order valence-corrected chi connectivity index (χ4v) is 2.80. The molecule has 1 aliphatic rings. The average molecular weight is 261 g/mol. The number of para-hydroxylation sites is 1. The number of hydrogen-bond acceptors (Lipinski definition) is 3. The summed E-state index contributed by atoms with van der Waals surface area (Å²) >= 11 is 0. The predicted octanol–water partition coefficient (Wildman–Crippen LogP) is 1.35. The van der Waals surface area contributed by atoms with Crippen molar-refractivity contribution in [3.8, 4) is 0 Å². The van der Waals surface area contributed by atoms with E-state index < -0.39 is 0 Å². The van der Waals surface area contributed by atoms with E-state index in [9.17, 15) is 4.79 Å². The lowest BCUT2D eigenvalue weighted by atomic mass is 10.1. The van der Waals surface area contributed by atoms with Gasteiger partial charge < -0.3 is 16.0 Å². The van der Waals surface area contributed by atoms with Crippen LogP contribution in [0.5, 0.6) is 0 Å². The minimum absolute atomic E-state index is 0.0372. The summed E-state index contributed by atoms with van der Waals surface area (Å²) in [6, 6.07) is 6.15. The molecule has 0 spiro atoms. The van der Waals surface area contributed by atoms with Crippen LogP contribution < -0.4 is 16.0 Å². The molecule has 1 amide bonds. The molecule has 0 radical (unpaired) electrons. The topological polar surface area (TPSA) is 58.4 Å². The summed E-state index contributed by atoms with van der Waals surface area (Å²) in [5.41, 5.74) is 9.38. The second kappa shape index (κ2) is 5.61. The summed E-state index contributed by atoms with van der Waals surface area (Å²) in [7, 11) is 0. The second-order valence-corrected chi connectivity index (χ2v) is 5.38. The highest BCUT2D eigenvalue weighted by atomic mass is 16.2. The van der Waals surface area contributed by atoms with E-state index in [1.165, 1.54) is 11.1 Å². The molecule has 0 aliphatic carbocycles. The van der Waals surface area contributed by atoms with Crippen molar-refractivity contribution < 1.29 is 4.79 Å². The van der Waals surface area contributed by atoms with Crippen LogP contribution >= 0.6 is 0 Å². The van der Waals surface area contributed by atoms with Gasteiger partial charge in [-0.1, -0.05) is 18.2 Å². The van der Waals surface area contributed by atoms with E-state index in [0.29, 0.717) is 6.54 Å². The summed E-state index contributed by atoms with van der Waals surface area (Å²) < 4.78 is 0. The number of hydrogen-bond donors (Lipinski definition) is 2. The van der Waals surface area contributed by atoms with Gasteiger partial charge in [0, 0.05) is 24.8 Å². The molecule has 2 rings (SSSR count). The Bertz CT molecular complexity index is 452. The zero-order valence-electron chi connectivity index (χ0n) is 11.9. The molecule has 1 heterocycles. The maximum absolute atomic E-state index is 12.2. The van der Waals surface area contributed by atoms with Gasteiger partial charge in [-0.3, -0.25) is 4.79 Å². The Morgan fingerprint density at radius 2 is 2.00 bits per heavy atom. The molecule has 4 heteroatoms. The van der Waals surface area contributed by atoms with Gasteiger partial charge in [-0.25, -0.2) is 0 Å². The highest BCUT2D eigenvalue weighted by Crippen LogP contribution is 2.27. The van der Waals surface area contributed by atoms with E-state index >= 15 is 0 Å². The van der Waals surface area contributed by atoms with Crippen LogP contribution in [0.4, 0.5) is 5.69 Å². The number of nitrogens with one attached hydrogen (secondary N) is 1. The summed E-state index contributed by atoms with van der Waals surface area (Å²) in [4.78, 5) is 14.4. The fraction of sp³-hybridized carbons (Fsp3) is 0.533. The Balaban J connectivity index is 2.42. The number of aryl methyl sites for hydroxylation is 2. The maximum Gasteiger partial charge on any atom is 0.244 e. The van der Waals surface area contributed by atoms with Gasteiger partial charge in [-0.05, 0) is 38.3 Å². The second-order valence-electron chi connectivity index (χ2n) is 5.38. The number of benzene rings is 1. The van der Waals surface area contributed by atoms with E-state index in [4.69, 9.17) is 5.73 Å². The molecule has 2 unspecified atom stereocenters. The molecule has 0 bridgehead atoms. The summed E-state index contributed by atoms with van der Waals surface area (Å²) in [5.74, 6) is 0.0372. The molecule has 2 atom stereocenters. The third-order valence-electron chi connectivity index (χ3n) is 3.82. The molecular weight excluding hydrogens is 238 g/mol. The van der Waals surface area contributed by atoms with Gasteiger partial charge in [-0.15, -0.1) is 0 Å². The molecule has 1 aromatic carbocycles. The first-order chi connectivity index (χ1) is 9.04. The first-order valence-corrected chi connectivity index (χ1v) is 6.88. The normalized spacial score (nSPS) is 24.0. The third-order valence-corrected chi connectivity index (χ3v) is 3.82. The standard InChI is InChI=1S/C15H23N3O/c1-10-5-4-6-11(2)14(10)18-8-7-12(3)17-15(19)13(18)9-16/h4-6,12-13H,7-9,16H2,1-3H3,(H,17,19). The lowest BCUT2D eigenvalue weighted by molar-refractivity contribution is -0.122. The number of nitrogens with two attached hydrogens (primary N) is 1. The van der Waals surface area contributed by atoms with Gasteiger partial charge in [0.1, 0.15) is 6.04 Å². The Kier molecular flexibility index (Phi) is 4.10. The van der Waals surface area contributed by atoms with Crippen molar-refractivity contribution in [3.63, 3.8) is 0 Å². The van der Waals surface area contributed by atoms with Gasteiger partial charge >= 0.3 is 0 Å². The Morgan fingerprint density at radius 3 is 2.58 bits per heavy atom. The summed E-state index contributed by atoms with van der Waals surface area (Å²) in [5, 5.41) is 3.02. The van der Waals surface area contributed by atoms with E-state index in [-0.39, 0.29) is 18.0 Å². The first kappa shape index (κ1) is 13.9. The van der Waals surface area contributed by atoms with Crippen LogP contribution in [0.3, 0.4) is 0 Å². The van der Waals surface area contributed by atoms with Crippen LogP contribution in [0.15, 0.2) is 18.2 Å². The molecule has 1 fully saturated rings. The van der Waals surface area contributed by atoms with Crippen molar-refractivity contribution in [2.75, 3.05) is 18.0 Å². The monoisotopic (exact) mass is 261 g/mol. The SMILES string of the molecule is Cc1cccc(C)c1N1CCC(C)NC(=O)C1CN. The summed E-state index contributed by atoms with van der Waals surface area (Å²) in [6.07, 6.45) is 0.940. The molecule has 19 heavy (non-hydrogen) atoms. The fourth-order valence-electron chi connectivity index (χ4n) is 2.80. The van der Waals surface area contributed by atoms with Crippen molar-refractivity contribution in [3.05, 3.63) is 29.3 Å². The lowest BCUT2D eigenvalue weighted by Gasteiger charge is -2.32. The van der Waals surface area contributed by atoms with Gasteiger partial charge in [-0.2, -0.15) is 0 Å². The Hall–Kier alpha value is -1.55. The summed E-state index contributed by atoms with van der Waals surface area (Å²) in [6.45, 7) is 7.41. The highest BCUT2D eigenvalue weighted by molar-refractivity contribution is 5.87. The molecule has 4 nitrogen and oxygen atoms in total. The number of amides is 1. The molecule has 1 saturated heterocycles. The quantitative estimate of drug-likeness (QED) is 0.845. The largest absolute Gasteiger partial charge is 0.358 e. The van der Waals surface area contributed by atoms with Crippen molar-refractivity contribution in [2.24, 2.45) is 5.73 Å². The number of rotatable bonds is 2. The van der Waals surface area contributed by atoms with Crippen LogP contribution in [0.1, 0.15) is 24.5 Å². The van der Waals surface area contributed by atoms with Crippen molar-refractivity contribution in [2.45, 2.75) is 39.3 Å².